The van der Waals surface area contributed by atoms with Gasteiger partial charge >= 0.3 is 0 Å². The molecule has 4 rings (SSSR count). The van der Waals surface area contributed by atoms with Crippen LogP contribution in [0.5, 0.6) is 0 Å². The van der Waals surface area contributed by atoms with Crippen molar-refractivity contribution in [3.63, 3.8) is 0 Å². The normalized spacial score (nSPS) is 10.8. The van der Waals surface area contributed by atoms with E-state index in [0.717, 1.165) is 11.1 Å². The van der Waals surface area contributed by atoms with Gasteiger partial charge in [0.1, 0.15) is 11.1 Å². The van der Waals surface area contributed by atoms with Crippen LogP contribution in [0, 0.1) is 10.1 Å². The number of aromatic nitrogens is 1. The summed E-state index contributed by atoms with van der Waals surface area (Å²) in [5.41, 5.74) is 3.47. The van der Waals surface area contributed by atoms with E-state index in [0.29, 0.717) is 16.7 Å². The predicted molar refractivity (Wildman–Crippen MR) is 91.5 cm³/mol. The number of benzene rings is 3. The van der Waals surface area contributed by atoms with Crippen molar-refractivity contribution in [2.45, 2.75) is 0 Å². The van der Waals surface area contributed by atoms with Gasteiger partial charge in [-0.2, -0.15) is 0 Å². The minimum Gasteiger partial charge on any atom is -0.436 e. The van der Waals surface area contributed by atoms with Crippen molar-refractivity contribution >= 4 is 16.8 Å². The standard InChI is InChI=1S/C19H12N2O3/c22-21(23)17-11-10-14(13-6-2-1-3-7-13)12-15(17)19-20-16-8-4-5-9-18(16)24-19/h1-12H. The van der Waals surface area contributed by atoms with Gasteiger partial charge in [-0.25, -0.2) is 4.98 Å². The van der Waals surface area contributed by atoms with Gasteiger partial charge in [-0.05, 0) is 35.4 Å². The van der Waals surface area contributed by atoms with E-state index < -0.39 is 4.92 Å². The maximum atomic E-state index is 11.4. The van der Waals surface area contributed by atoms with E-state index in [2.05, 4.69) is 4.98 Å². The van der Waals surface area contributed by atoms with Gasteiger partial charge in [0.15, 0.2) is 5.58 Å². The maximum absolute atomic E-state index is 11.4. The van der Waals surface area contributed by atoms with Crippen LogP contribution in [0.15, 0.2) is 77.2 Å². The van der Waals surface area contributed by atoms with Crippen molar-refractivity contribution in [3.05, 3.63) is 82.9 Å². The zero-order valence-electron chi connectivity index (χ0n) is 12.5. The van der Waals surface area contributed by atoms with Crippen molar-refractivity contribution in [1.82, 2.24) is 4.98 Å². The van der Waals surface area contributed by atoms with Gasteiger partial charge in [-0.1, -0.05) is 42.5 Å². The van der Waals surface area contributed by atoms with Gasteiger partial charge in [-0.15, -0.1) is 0 Å². The highest BCUT2D eigenvalue weighted by Crippen LogP contribution is 2.35. The fraction of sp³-hybridized carbons (Fsp3) is 0. The van der Waals surface area contributed by atoms with Crippen molar-refractivity contribution in [2.24, 2.45) is 0 Å². The summed E-state index contributed by atoms with van der Waals surface area (Å²) in [4.78, 5) is 15.4. The molecule has 5 heteroatoms. The molecule has 0 bridgehead atoms. The van der Waals surface area contributed by atoms with Crippen LogP contribution in [0.3, 0.4) is 0 Å². The third kappa shape index (κ3) is 2.42. The Morgan fingerprint density at radius 3 is 2.38 bits per heavy atom. The van der Waals surface area contributed by atoms with Crippen LogP contribution in [0.4, 0.5) is 5.69 Å². The molecule has 0 aliphatic carbocycles. The number of nitro benzene ring substituents is 1. The monoisotopic (exact) mass is 316 g/mol. The zero-order valence-corrected chi connectivity index (χ0v) is 12.5. The lowest BCUT2D eigenvalue weighted by Crippen LogP contribution is -1.93. The molecule has 1 aromatic heterocycles. The van der Waals surface area contributed by atoms with Crippen LogP contribution >= 0.6 is 0 Å². The molecule has 116 valence electrons. The van der Waals surface area contributed by atoms with E-state index in [-0.39, 0.29) is 11.6 Å². The Kier molecular flexibility index (Phi) is 3.31. The molecule has 24 heavy (non-hydrogen) atoms. The summed E-state index contributed by atoms with van der Waals surface area (Å²) in [6, 6.07) is 22.0. The molecule has 0 aliphatic rings. The Labute approximate surface area is 137 Å². The molecule has 0 atom stereocenters. The number of hydrogen-bond acceptors (Lipinski definition) is 4. The number of nitrogens with zero attached hydrogens (tertiary/aromatic N) is 2. The van der Waals surface area contributed by atoms with E-state index in [1.165, 1.54) is 6.07 Å². The maximum Gasteiger partial charge on any atom is 0.282 e. The molecule has 0 N–H and O–H groups in total. The summed E-state index contributed by atoms with van der Waals surface area (Å²) in [6.45, 7) is 0. The molecule has 0 amide bonds. The summed E-state index contributed by atoms with van der Waals surface area (Å²) in [7, 11) is 0. The fourth-order valence-electron chi connectivity index (χ4n) is 2.66. The molecule has 5 nitrogen and oxygen atoms in total. The molecule has 0 spiro atoms. The average Bonchev–Trinajstić information content (AvgIpc) is 3.06. The number of para-hydroxylation sites is 2. The van der Waals surface area contributed by atoms with Crippen LogP contribution in [0.1, 0.15) is 0 Å². The first-order chi connectivity index (χ1) is 11.7. The molecular weight excluding hydrogens is 304 g/mol. The molecule has 0 aliphatic heterocycles. The molecule has 4 aromatic rings. The molecule has 0 unspecified atom stereocenters. The lowest BCUT2D eigenvalue weighted by molar-refractivity contribution is -0.384. The highest BCUT2D eigenvalue weighted by Gasteiger charge is 2.21. The van der Waals surface area contributed by atoms with Crippen molar-refractivity contribution in [1.29, 1.82) is 0 Å². The van der Waals surface area contributed by atoms with Crippen LogP contribution in [0.2, 0.25) is 0 Å². The third-order valence-corrected chi connectivity index (χ3v) is 3.82. The Morgan fingerprint density at radius 2 is 1.62 bits per heavy atom. The SMILES string of the molecule is O=[N+]([O-])c1ccc(-c2ccccc2)cc1-c1nc2ccccc2o1. The van der Waals surface area contributed by atoms with Crippen LogP contribution in [0.25, 0.3) is 33.7 Å². The van der Waals surface area contributed by atoms with Crippen LogP contribution in [-0.2, 0) is 0 Å². The van der Waals surface area contributed by atoms with E-state index in [4.69, 9.17) is 4.42 Å². The molecule has 1 heterocycles. The van der Waals surface area contributed by atoms with Crippen LogP contribution in [-0.4, -0.2) is 9.91 Å². The van der Waals surface area contributed by atoms with E-state index in [1.807, 2.05) is 48.5 Å². The van der Waals surface area contributed by atoms with E-state index in [9.17, 15) is 10.1 Å². The number of rotatable bonds is 3. The number of oxazole rings is 1. The van der Waals surface area contributed by atoms with Crippen molar-refractivity contribution in [3.8, 4) is 22.6 Å². The molecule has 3 aromatic carbocycles. The van der Waals surface area contributed by atoms with Crippen molar-refractivity contribution in [2.75, 3.05) is 0 Å². The Balaban J connectivity index is 1.92. The number of fused-ring (bicyclic) bond motifs is 1. The van der Waals surface area contributed by atoms with Gasteiger partial charge in [-0.3, -0.25) is 10.1 Å². The summed E-state index contributed by atoms with van der Waals surface area (Å²) < 4.78 is 5.72. The van der Waals surface area contributed by atoms with Gasteiger partial charge in [0.25, 0.3) is 5.69 Å². The summed E-state index contributed by atoms with van der Waals surface area (Å²) in [6.07, 6.45) is 0. The first kappa shape index (κ1) is 14.1. The average molecular weight is 316 g/mol. The van der Waals surface area contributed by atoms with E-state index in [1.54, 1.807) is 18.2 Å². The quantitative estimate of drug-likeness (QED) is 0.391. The second-order valence-electron chi connectivity index (χ2n) is 5.34. The minimum atomic E-state index is -0.418. The second-order valence-corrected chi connectivity index (χ2v) is 5.34. The first-order valence-corrected chi connectivity index (χ1v) is 7.42. The van der Waals surface area contributed by atoms with Gasteiger partial charge in [0, 0.05) is 6.07 Å². The van der Waals surface area contributed by atoms with Gasteiger partial charge < -0.3 is 4.42 Å². The highest BCUT2D eigenvalue weighted by molar-refractivity contribution is 5.81. The highest BCUT2D eigenvalue weighted by atomic mass is 16.6. The summed E-state index contributed by atoms with van der Waals surface area (Å²) >= 11 is 0. The number of nitro groups is 1. The lowest BCUT2D eigenvalue weighted by atomic mass is 10.0. The summed E-state index contributed by atoms with van der Waals surface area (Å²) in [5.74, 6) is 0.251. The molecule has 0 radical (unpaired) electrons. The topological polar surface area (TPSA) is 69.2 Å². The van der Waals surface area contributed by atoms with Crippen molar-refractivity contribution < 1.29 is 9.34 Å². The third-order valence-electron chi connectivity index (χ3n) is 3.82. The van der Waals surface area contributed by atoms with Gasteiger partial charge in [0.05, 0.1) is 4.92 Å². The number of hydrogen-bond donors (Lipinski definition) is 0. The van der Waals surface area contributed by atoms with E-state index >= 15 is 0 Å². The fourth-order valence-corrected chi connectivity index (χ4v) is 2.66. The molecule has 0 saturated heterocycles. The Hall–Kier alpha value is -3.47. The Morgan fingerprint density at radius 1 is 0.875 bits per heavy atom. The zero-order chi connectivity index (χ0) is 16.5. The summed E-state index contributed by atoms with van der Waals surface area (Å²) in [5, 5.41) is 11.4. The lowest BCUT2D eigenvalue weighted by Gasteiger charge is -2.04. The largest absolute Gasteiger partial charge is 0.436 e. The predicted octanol–water partition coefficient (Wildman–Crippen LogP) is 5.07. The van der Waals surface area contributed by atoms with Gasteiger partial charge in [0.2, 0.25) is 5.89 Å². The van der Waals surface area contributed by atoms with Crippen LogP contribution < -0.4 is 0 Å². The Bertz CT molecular complexity index is 1010. The minimum absolute atomic E-state index is 0.0266. The molecule has 0 fully saturated rings. The molecular formula is C19H12N2O3. The second kappa shape index (κ2) is 5.62. The first-order valence-electron chi connectivity index (χ1n) is 7.42. The smallest absolute Gasteiger partial charge is 0.282 e. The molecule has 0 saturated carbocycles.